The molecule has 1 atom stereocenters. The summed E-state index contributed by atoms with van der Waals surface area (Å²) in [6.45, 7) is 3.11. The molecule has 1 aliphatic heterocycles. The van der Waals surface area contributed by atoms with Gasteiger partial charge in [0.25, 0.3) is 5.91 Å². The molecule has 1 aliphatic rings. The molecule has 2 aromatic carbocycles. The molecule has 7 nitrogen and oxygen atoms in total. The SMILES string of the molecule is CC[C@H](C(=O)Nc1ccccc1C(=O)N1CCCCC1)N(c1cccc(Cl)c1)S(C)(=O)=O. The number of rotatable bonds is 7. The normalized spacial score (nSPS) is 15.2. The Morgan fingerprint density at radius 1 is 1.09 bits per heavy atom. The molecule has 0 saturated carbocycles. The largest absolute Gasteiger partial charge is 0.339 e. The Labute approximate surface area is 194 Å². The summed E-state index contributed by atoms with van der Waals surface area (Å²) in [5, 5.41) is 3.16. The molecule has 2 aromatic rings. The lowest BCUT2D eigenvalue weighted by Gasteiger charge is -2.31. The molecule has 3 rings (SSSR count). The second kappa shape index (κ2) is 10.4. The summed E-state index contributed by atoms with van der Waals surface area (Å²) in [4.78, 5) is 28.1. The topological polar surface area (TPSA) is 86.8 Å². The van der Waals surface area contributed by atoms with Crippen LogP contribution in [0, 0.1) is 0 Å². The summed E-state index contributed by atoms with van der Waals surface area (Å²) >= 11 is 6.06. The van der Waals surface area contributed by atoms with E-state index >= 15 is 0 Å². The number of anilines is 2. The van der Waals surface area contributed by atoms with E-state index in [1.165, 1.54) is 6.07 Å². The standard InChI is InChI=1S/C23H28ClN3O4S/c1-3-21(27(32(2,30)31)18-11-9-10-17(24)16-18)22(28)25-20-13-6-5-12-19(20)23(29)26-14-7-4-8-15-26/h5-6,9-13,16,21H,3-4,7-8,14-15H2,1-2H3,(H,25,28)/t21-/m1/s1. The van der Waals surface area contributed by atoms with E-state index < -0.39 is 22.0 Å². The van der Waals surface area contributed by atoms with E-state index in [4.69, 9.17) is 11.6 Å². The second-order valence-electron chi connectivity index (χ2n) is 7.85. The molecule has 0 bridgehead atoms. The van der Waals surface area contributed by atoms with E-state index in [1.54, 1.807) is 54.3 Å². The van der Waals surface area contributed by atoms with Gasteiger partial charge in [0.2, 0.25) is 15.9 Å². The van der Waals surface area contributed by atoms with Crippen molar-refractivity contribution in [2.75, 3.05) is 29.0 Å². The maximum Gasteiger partial charge on any atom is 0.255 e. The van der Waals surface area contributed by atoms with Gasteiger partial charge in [-0.1, -0.05) is 36.7 Å². The van der Waals surface area contributed by atoms with Gasteiger partial charge in [-0.25, -0.2) is 8.42 Å². The van der Waals surface area contributed by atoms with E-state index in [-0.39, 0.29) is 12.3 Å². The molecule has 0 radical (unpaired) electrons. The highest BCUT2D eigenvalue weighted by Crippen LogP contribution is 2.27. The highest BCUT2D eigenvalue weighted by Gasteiger charge is 2.32. The number of piperidine rings is 1. The predicted molar refractivity (Wildman–Crippen MR) is 128 cm³/mol. The summed E-state index contributed by atoms with van der Waals surface area (Å²) in [6.07, 6.45) is 4.30. The summed E-state index contributed by atoms with van der Waals surface area (Å²) < 4.78 is 26.3. The Morgan fingerprint density at radius 2 is 1.78 bits per heavy atom. The average Bonchev–Trinajstić information content (AvgIpc) is 2.77. The monoisotopic (exact) mass is 477 g/mol. The Hall–Kier alpha value is -2.58. The van der Waals surface area contributed by atoms with Crippen LogP contribution in [0.25, 0.3) is 0 Å². The van der Waals surface area contributed by atoms with Crippen molar-refractivity contribution in [3.8, 4) is 0 Å². The summed E-state index contributed by atoms with van der Waals surface area (Å²) in [7, 11) is -3.79. The Morgan fingerprint density at radius 3 is 2.41 bits per heavy atom. The van der Waals surface area contributed by atoms with E-state index in [0.29, 0.717) is 35.1 Å². The van der Waals surface area contributed by atoms with Gasteiger partial charge in [0, 0.05) is 18.1 Å². The van der Waals surface area contributed by atoms with E-state index in [9.17, 15) is 18.0 Å². The van der Waals surface area contributed by atoms with Crippen LogP contribution >= 0.6 is 11.6 Å². The third-order valence-corrected chi connectivity index (χ3v) is 6.87. The van der Waals surface area contributed by atoms with Gasteiger partial charge in [0.1, 0.15) is 6.04 Å². The molecule has 0 spiro atoms. The van der Waals surface area contributed by atoms with Crippen molar-refractivity contribution >= 4 is 44.8 Å². The first-order valence-electron chi connectivity index (χ1n) is 10.7. The number of amides is 2. The number of sulfonamides is 1. The zero-order chi connectivity index (χ0) is 23.3. The van der Waals surface area contributed by atoms with Gasteiger partial charge < -0.3 is 10.2 Å². The molecule has 1 fully saturated rings. The van der Waals surface area contributed by atoms with Crippen molar-refractivity contribution in [1.82, 2.24) is 4.90 Å². The third-order valence-electron chi connectivity index (χ3n) is 5.45. The van der Waals surface area contributed by atoms with Gasteiger partial charge >= 0.3 is 0 Å². The highest BCUT2D eigenvalue weighted by atomic mass is 35.5. The number of likely N-dealkylation sites (tertiary alicyclic amines) is 1. The van der Waals surface area contributed by atoms with Crippen molar-refractivity contribution in [2.45, 2.75) is 38.6 Å². The lowest BCUT2D eigenvalue weighted by molar-refractivity contribution is -0.117. The fourth-order valence-electron chi connectivity index (χ4n) is 3.94. The first-order chi connectivity index (χ1) is 15.2. The summed E-state index contributed by atoms with van der Waals surface area (Å²) in [5.41, 5.74) is 1.07. The number of benzene rings is 2. The molecule has 0 aromatic heterocycles. The quantitative estimate of drug-likeness (QED) is 0.649. The van der Waals surface area contributed by atoms with Crippen LogP contribution in [0.5, 0.6) is 0 Å². The molecule has 1 heterocycles. The van der Waals surface area contributed by atoms with Crippen LogP contribution in [0.15, 0.2) is 48.5 Å². The van der Waals surface area contributed by atoms with Crippen molar-refractivity contribution in [3.05, 3.63) is 59.1 Å². The van der Waals surface area contributed by atoms with Crippen molar-refractivity contribution < 1.29 is 18.0 Å². The van der Waals surface area contributed by atoms with Crippen LogP contribution in [0.3, 0.4) is 0 Å². The average molecular weight is 478 g/mol. The minimum atomic E-state index is -3.79. The van der Waals surface area contributed by atoms with Crippen LogP contribution < -0.4 is 9.62 Å². The number of nitrogens with one attached hydrogen (secondary N) is 1. The zero-order valence-corrected chi connectivity index (χ0v) is 19.8. The highest BCUT2D eigenvalue weighted by molar-refractivity contribution is 7.92. The van der Waals surface area contributed by atoms with Crippen molar-refractivity contribution in [3.63, 3.8) is 0 Å². The lowest BCUT2D eigenvalue weighted by Crippen LogP contribution is -2.47. The number of hydrogen-bond acceptors (Lipinski definition) is 4. The smallest absolute Gasteiger partial charge is 0.255 e. The molecule has 9 heteroatoms. The number of para-hydroxylation sites is 1. The summed E-state index contributed by atoms with van der Waals surface area (Å²) in [5.74, 6) is -0.653. The summed E-state index contributed by atoms with van der Waals surface area (Å²) in [6, 6.07) is 12.2. The molecule has 32 heavy (non-hydrogen) atoms. The van der Waals surface area contributed by atoms with Gasteiger partial charge in [-0.2, -0.15) is 0 Å². The van der Waals surface area contributed by atoms with Crippen LogP contribution in [-0.2, 0) is 14.8 Å². The number of nitrogens with zero attached hydrogens (tertiary/aromatic N) is 2. The van der Waals surface area contributed by atoms with Crippen LogP contribution in [-0.4, -0.2) is 50.5 Å². The van der Waals surface area contributed by atoms with Gasteiger partial charge in [0.15, 0.2) is 0 Å². The first kappa shape index (κ1) is 24.1. The fourth-order valence-corrected chi connectivity index (χ4v) is 5.32. The van der Waals surface area contributed by atoms with Gasteiger partial charge in [-0.05, 0) is 56.0 Å². The first-order valence-corrected chi connectivity index (χ1v) is 12.9. The minimum absolute atomic E-state index is 0.136. The molecule has 172 valence electrons. The molecule has 1 N–H and O–H groups in total. The Kier molecular flexibility index (Phi) is 7.79. The predicted octanol–water partition coefficient (Wildman–Crippen LogP) is 4.15. The van der Waals surface area contributed by atoms with Crippen LogP contribution in [0.2, 0.25) is 5.02 Å². The Bertz CT molecular complexity index is 1080. The molecule has 0 aliphatic carbocycles. The zero-order valence-electron chi connectivity index (χ0n) is 18.3. The van der Waals surface area contributed by atoms with Crippen molar-refractivity contribution in [1.29, 1.82) is 0 Å². The van der Waals surface area contributed by atoms with Crippen LogP contribution in [0.1, 0.15) is 43.0 Å². The number of hydrogen-bond donors (Lipinski definition) is 1. The maximum atomic E-state index is 13.3. The fraction of sp³-hybridized carbons (Fsp3) is 0.391. The maximum absolute atomic E-state index is 13.3. The number of carbonyl (C=O) groups is 2. The van der Waals surface area contributed by atoms with Gasteiger partial charge in [-0.15, -0.1) is 0 Å². The molecule has 2 amide bonds. The molecule has 1 saturated heterocycles. The van der Waals surface area contributed by atoms with E-state index in [0.717, 1.165) is 29.8 Å². The molecular weight excluding hydrogens is 450 g/mol. The van der Waals surface area contributed by atoms with Crippen molar-refractivity contribution in [2.24, 2.45) is 0 Å². The van der Waals surface area contributed by atoms with Gasteiger partial charge in [0.05, 0.1) is 23.2 Å². The number of carbonyl (C=O) groups excluding carboxylic acids is 2. The van der Waals surface area contributed by atoms with E-state index in [2.05, 4.69) is 5.32 Å². The Balaban J connectivity index is 1.90. The molecule has 0 unspecified atom stereocenters. The van der Waals surface area contributed by atoms with Crippen LogP contribution in [0.4, 0.5) is 11.4 Å². The van der Waals surface area contributed by atoms with Gasteiger partial charge in [-0.3, -0.25) is 13.9 Å². The minimum Gasteiger partial charge on any atom is -0.339 e. The molecular formula is C23H28ClN3O4S. The lowest BCUT2D eigenvalue weighted by atomic mass is 10.1. The van der Waals surface area contributed by atoms with E-state index in [1.807, 2.05) is 0 Å². The third kappa shape index (κ3) is 5.61. The second-order valence-corrected chi connectivity index (χ2v) is 10.1. The number of halogens is 1.